The third-order valence-electron chi connectivity index (χ3n) is 3.84. The molecule has 27 heavy (non-hydrogen) atoms. The van der Waals surface area contributed by atoms with Crippen LogP contribution in [-0.4, -0.2) is 29.4 Å². The Kier molecular flexibility index (Phi) is 7.89. The lowest BCUT2D eigenvalue weighted by atomic mass is 10.2. The van der Waals surface area contributed by atoms with Crippen LogP contribution in [0.3, 0.4) is 0 Å². The van der Waals surface area contributed by atoms with E-state index in [2.05, 4.69) is 0 Å². The predicted octanol–water partition coefficient (Wildman–Crippen LogP) is 4.99. The topological polar surface area (TPSA) is 46.6 Å². The van der Waals surface area contributed by atoms with E-state index in [0.717, 1.165) is 5.56 Å². The largest absolute Gasteiger partial charge is 0.452 e. The van der Waals surface area contributed by atoms with Crippen molar-refractivity contribution in [2.24, 2.45) is 0 Å². The van der Waals surface area contributed by atoms with Gasteiger partial charge in [0.2, 0.25) is 0 Å². The number of ether oxygens (including phenoxy) is 1. The molecule has 6 heteroatoms. The molecule has 0 aromatic heterocycles. The average molecular weight is 406 g/mol. The highest BCUT2D eigenvalue weighted by Crippen LogP contribution is 2.22. The number of carbonyl (C=O) groups excluding carboxylic acids is 2. The molecule has 1 amide bonds. The maximum atomic E-state index is 12.4. The van der Waals surface area contributed by atoms with Gasteiger partial charge in [0.15, 0.2) is 6.61 Å². The van der Waals surface area contributed by atoms with E-state index in [4.69, 9.17) is 27.9 Å². The molecule has 0 heterocycles. The molecule has 0 fully saturated rings. The minimum Gasteiger partial charge on any atom is -0.452 e. The van der Waals surface area contributed by atoms with E-state index in [-0.39, 0.29) is 18.6 Å². The Morgan fingerprint density at radius 2 is 1.81 bits per heavy atom. The molecule has 0 N–H and O–H groups in total. The molecule has 0 spiro atoms. The van der Waals surface area contributed by atoms with Gasteiger partial charge in [0, 0.05) is 28.7 Å². The van der Waals surface area contributed by atoms with Crippen LogP contribution in [0.4, 0.5) is 0 Å². The predicted molar refractivity (Wildman–Crippen MR) is 109 cm³/mol. The molecular weight excluding hydrogens is 385 g/mol. The molecule has 2 aromatic carbocycles. The first kappa shape index (κ1) is 21.0. The first-order valence-corrected chi connectivity index (χ1v) is 9.25. The van der Waals surface area contributed by atoms with Crippen molar-refractivity contribution in [1.82, 2.24) is 4.90 Å². The van der Waals surface area contributed by atoms with Gasteiger partial charge in [-0.25, -0.2) is 4.79 Å². The fourth-order valence-corrected chi connectivity index (χ4v) is 2.87. The van der Waals surface area contributed by atoms with Gasteiger partial charge >= 0.3 is 5.97 Å². The van der Waals surface area contributed by atoms with Gasteiger partial charge in [-0.2, -0.15) is 0 Å². The molecule has 0 bridgehead atoms. The monoisotopic (exact) mass is 405 g/mol. The molecule has 0 unspecified atom stereocenters. The van der Waals surface area contributed by atoms with Crippen molar-refractivity contribution in [3.8, 4) is 0 Å². The Hall–Kier alpha value is -2.30. The molecule has 0 aliphatic heterocycles. The van der Waals surface area contributed by atoms with Crippen LogP contribution in [0, 0.1) is 0 Å². The number of hydrogen-bond acceptors (Lipinski definition) is 3. The summed E-state index contributed by atoms with van der Waals surface area (Å²) in [5, 5.41) is 0.939. The zero-order valence-electron chi connectivity index (χ0n) is 15.2. The highest BCUT2D eigenvalue weighted by molar-refractivity contribution is 6.35. The fourth-order valence-electron chi connectivity index (χ4n) is 2.40. The summed E-state index contributed by atoms with van der Waals surface area (Å²) in [5.41, 5.74) is 1.65. The van der Waals surface area contributed by atoms with Crippen LogP contribution < -0.4 is 0 Å². The number of rotatable bonds is 7. The molecule has 0 saturated heterocycles. The van der Waals surface area contributed by atoms with Crippen molar-refractivity contribution < 1.29 is 14.3 Å². The second-order valence-corrected chi connectivity index (χ2v) is 7.05. The lowest BCUT2D eigenvalue weighted by Crippen LogP contribution is -2.39. The van der Waals surface area contributed by atoms with E-state index >= 15 is 0 Å². The molecule has 0 aliphatic rings. The van der Waals surface area contributed by atoms with E-state index in [1.165, 1.54) is 12.2 Å². The Morgan fingerprint density at radius 3 is 2.44 bits per heavy atom. The third kappa shape index (κ3) is 6.74. The van der Waals surface area contributed by atoms with Gasteiger partial charge in [-0.3, -0.25) is 4.79 Å². The Morgan fingerprint density at radius 1 is 1.11 bits per heavy atom. The standard InChI is InChI=1S/C21H21Cl2NO3/c1-15(2)24(13-16-6-4-3-5-7-16)20(25)14-27-21(26)11-9-17-8-10-18(22)12-19(17)23/h3-12,15H,13-14H2,1-2H3/b11-9+. The van der Waals surface area contributed by atoms with Gasteiger partial charge in [-0.05, 0) is 43.2 Å². The summed E-state index contributed by atoms with van der Waals surface area (Å²) in [6, 6.07) is 14.6. The quantitative estimate of drug-likeness (QED) is 0.481. The molecular formula is C21H21Cl2NO3. The lowest BCUT2D eigenvalue weighted by Gasteiger charge is -2.26. The summed E-state index contributed by atoms with van der Waals surface area (Å²) < 4.78 is 5.07. The molecule has 2 rings (SSSR count). The van der Waals surface area contributed by atoms with Crippen LogP contribution in [0.15, 0.2) is 54.6 Å². The lowest BCUT2D eigenvalue weighted by molar-refractivity contribution is -0.149. The Bertz CT molecular complexity index is 819. The summed E-state index contributed by atoms with van der Waals surface area (Å²) >= 11 is 11.9. The van der Waals surface area contributed by atoms with E-state index in [9.17, 15) is 9.59 Å². The van der Waals surface area contributed by atoms with E-state index < -0.39 is 5.97 Å². The van der Waals surface area contributed by atoms with Gasteiger partial charge in [0.1, 0.15) is 0 Å². The number of amides is 1. The van der Waals surface area contributed by atoms with Crippen LogP contribution in [0.2, 0.25) is 10.0 Å². The van der Waals surface area contributed by atoms with Crippen molar-refractivity contribution in [1.29, 1.82) is 0 Å². The second kappa shape index (κ2) is 10.1. The zero-order valence-corrected chi connectivity index (χ0v) is 16.7. The molecule has 2 aromatic rings. The van der Waals surface area contributed by atoms with Gasteiger partial charge in [-0.1, -0.05) is 59.6 Å². The molecule has 0 saturated carbocycles. The van der Waals surface area contributed by atoms with E-state index in [1.807, 2.05) is 44.2 Å². The smallest absolute Gasteiger partial charge is 0.331 e. The van der Waals surface area contributed by atoms with Crippen molar-refractivity contribution in [3.63, 3.8) is 0 Å². The van der Waals surface area contributed by atoms with Gasteiger partial charge < -0.3 is 9.64 Å². The third-order valence-corrected chi connectivity index (χ3v) is 4.40. The second-order valence-electron chi connectivity index (χ2n) is 6.21. The molecule has 142 valence electrons. The highest BCUT2D eigenvalue weighted by Gasteiger charge is 2.18. The normalized spacial score (nSPS) is 11.0. The molecule has 0 aliphatic carbocycles. The summed E-state index contributed by atoms with van der Waals surface area (Å²) in [5.74, 6) is -0.863. The summed E-state index contributed by atoms with van der Waals surface area (Å²) in [6.45, 7) is 3.99. The van der Waals surface area contributed by atoms with Crippen LogP contribution in [0.1, 0.15) is 25.0 Å². The Balaban J connectivity index is 1.92. The van der Waals surface area contributed by atoms with E-state index in [0.29, 0.717) is 22.2 Å². The van der Waals surface area contributed by atoms with Gasteiger partial charge in [-0.15, -0.1) is 0 Å². The highest BCUT2D eigenvalue weighted by atomic mass is 35.5. The average Bonchev–Trinajstić information content (AvgIpc) is 2.64. The minimum absolute atomic E-state index is 0.0141. The number of hydrogen-bond donors (Lipinski definition) is 0. The first-order chi connectivity index (χ1) is 12.9. The maximum Gasteiger partial charge on any atom is 0.331 e. The summed E-state index contributed by atoms with van der Waals surface area (Å²) in [4.78, 5) is 26.0. The van der Waals surface area contributed by atoms with Crippen molar-refractivity contribution >= 4 is 41.2 Å². The number of halogens is 2. The van der Waals surface area contributed by atoms with Crippen LogP contribution in [0.25, 0.3) is 6.08 Å². The molecule has 4 nitrogen and oxygen atoms in total. The number of carbonyl (C=O) groups is 2. The fraction of sp³-hybridized carbons (Fsp3) is 0.238. The van der Waals surface area contributed by atoms with Crippen LogP contribution in [-0.2, 0) is 20.9 Å². The first-order valence-electron chi connectivity index (χ1n) is 8.50. The number of esters is 1. The number of benzene rings is 2. The Labute approximate surface area is 169 Å². The SMILES string of the molecule is CC(C)N(Cc1ccccc1)C(=O)COC(=O)/C=C/c1ccc(Cl)cc1Cl. The van der Waals surface area contributed by atoms with Gasteiger partial charge in [0.05, 0.1) is 0 Å². The summed E-state index contributed by atoms with van der Waals surface area (Å²) in [6.07, 6.45) is 2.76. The van der Waals surface area contributed by atoms with Crippen molar-refractivity contribution in [2.45, 2.75) is 26.4 Å². The van der Waals surface area contributed by atoms with Crippen molar-refractivity contribution in [2.75, 3.05) is 6.61 Å². The van der Waals surface area contributed by atoms with Crippen LogP contribution in [0.5, 0.6) is 0 Å². The van der Waals surface area contributed by atoms with E-state index in [1.54, 1.807) is 23.1 Å². The minimum atomic E-state index is -0.613. The summed E-state index contributed by atoms with van der Waals surface area (Å²) in [7, 11) is 0. The van der Waals surface area contributed by atoms with Crippen LogP contribution >= 0.6 is 23.2 Å². The maximum absolute atomic E-state index is 12.4. The molecule has 0 atom stereocenters. The molecule has 0 radical (unpaired) electrons. The zero-order chi connectivity index (χ0) is 19.8. The number of nitrogens with zero attached hydrogens (tertiary/aromatic N) is 1. The van der Waals surface area contributed by atoms with Crippen molar-refractivity contribution in [3.05, 3.63) is 75.8 Å². The van der Waals surface area contributed by atoms with Gasteiger partial charge in [0.25, 0.3) is 5.91 Å².